The van der Waals surface area contributed by atoms with Gasteiger partial charge in [-0.1, -0.05) is 15.9 Å². The summed E-state index contributed by atoms with van der Waals surface area (Å²) in [5.74, 6) is -0.0412. The fraction of sp³-hybridized carbons (Fsp3) is 0.462. The zero-order chi connectivity index (χ0) is 15.8. The fourth-order valence-corrected chi connectivity index (χ4v) is 2.72. The maximum atomic E-state index is 11.6. The molecular weight excluding hydrogens is 341 g/mol. The molecule has 6 nitrogen and oxygen atoms in total. The molecule has 0 aliphatic carbocycles. The summed E-state index contributed by atoms with van der Waals surface area (Å²) in [5, 5.41) is 22.3. The van der Waals surface area contributed by atoms with Crippen molar-refractivity contribution in [3.63, 3.8) is 0 Å². The Hall–Kier alpha value is -1.25. The molecule has 0 bridgehead atoms. The van der Waals surface area contributed by atoms with Gasteiger partial charge in [-0.3, -0.25) is 0 Å². The van der Waals surface area contributed by atoms with E-state index in [1.54, 1.807) is 26.8 Å². The topological polar surface area (TPSA) is 88.0 Å². The van der Waals surface area contributed by atoms with Crippen molar-refractivity contribution in [2.45, 2.75) is 32.5 Å². The SMILES string of the molecule is CC(C)(C)OC(=O)NCC1OB(O)c2c(O)ccc(Br)c21. The third-order valence-electron chi connectivity index (χ3n) is 2.90. The van der Waals surface area contributed by atoms with Crippen molar-refractivity contribution in [2.75, 3.05) is 6.54 Å². The monoisotopic (exact) mass is 357 g/mol. The summed E-state index contributed by atoms with van der Waals surface area (Å²) in [6.07, 6.45) is -1.13. The smallest absolute Gasteiger partial charge is 0.495 e. The maximum Gasteiger partial charge on any atom is 0.495 e. The van der Waals surface area contributed by atoms with Crippen molar-refractivity contribution >= 4 is 34.6 Å². The highest BCUT2D eigenvalue weighted by atomic mass is 79.9. The number of carbonyl (C=O) groups excluding carboxylic acids is 1. The van der Waals surface area contributed by atoms with Crippen LogP contribution in [0.3, 0.4) is 0 Å². The second-order valence-electron chi connectivity index (χ2n) is 5.75. The van der Waals surface area contributed by atoms with Crippen molar-refractivity contribution in [2.24, 2.45) is 0 Å². The van der Waals surface area contributed by atoms with E-state index in [4.69, 9.17) is 9.39 Å². The van der Waals surface area contributed by atoms with Gasteiger partial charge in [0.25, 0.3) is 0 Å². The number of alkyl carbamates (subject to hydrolysis) is 1. The third kappa shape index (κ3) is 3.69. The number of benzene rings is 1. The number of nitrogens with one attached hydrogen (secondary N) is 1. The lowest BCUT2D eigenvalue weighted by molar-refractivity contribution is 0.0498. The van der Waals surface area contributed by atoms with Crippen LogP contribution < -0.4 is 10.8 Å². The van der Waals surface area contributed by atoms with Gasteiger partial charge in [-0.05, 0) is 38.5 Å². The van der Waals surface area contributed by atoms with Crippen molar-refractivity contribution in [3.05, 3.63) is 22.2 Å². The summed E-state index contributed by atoms with van der Waals surface area (Å²) in [7, 11) is -1.22. The molecule has 0 radical (unpaired) electrons. The molecule has 3 N–H and O–H groups in total. The van der Waals surface area contributed by atoms with E-state index in [0.717, 1.165) is 0 Å². The number of amides is 1. The Morgan fingerprint density at radius 3 is 2.81 bits per heavy atom. The van der Waals surface area contributed by atoms with E-state index in [1.807, 2.05) is 0 Å². The lowest BCUT2D eigenvalue weighted by atomic mass is 9.78. The molecule has 2 rings (SSSR count). The van der Waals surface area contributed by atoms with Crippen LogP contribution in [-0.2, 0) is 9.39 Å². The Balaban J connectivity index is 2.09. The average molecular weight is 358 g/mol. The minimum Gasteiger partial charge on any atom is -0.508 e. The van der Waals surface area contributed by atoms with E-state index < -0.39 is 24.9 Å². The zero-order valence-corrected chi connectivity index (χ0v) is 13.6. The minimum atomic E-state index is -1.22. The molecule has 0 fully saturated rings. The van der Waals surface area contributed by atoms with Gasteiger partial charge in [0.15, 0.2) is 0 Å². The average Bonchev–Trinajstić information content (AvgIpc) is 2.68. The predicted octanol–water partition coefficient (Wildman–Crippen LogP) is 1.44. The lowest BCUT2D eigenvalue weighted by Gasteiger charge is -2.21. The summed E-state index contributed by atoms with van der Waals surface area (Å²) in [6.45, 7) is 5.44. The highest BCUT2D eigenvalue weighted by Gasteiger charge is 2.39. The number of aromatic hydroxyl groups is 1. The van der Waals surface area contributed by atoms with Crippen LogP contribution in [0.4, 0.5) is 4.79 Å². The Kier molecular flexibility index (Phi) is 4.50. The fourth-order valence-electron chi connectivity index (χ4n) is 2.12. The number of hydrogen-bond donors (Lipinski definition) is 3. The van der Waals surface area contributed by atoms with E-state index >= 15 is 0 Å². The molecule has 0 saturated heterocycles. The molecule has 8 heteroatoms. The normalized spacial score (nSPS) is 17.6. The molecule has 1 aromatic carbocycles. The van der Waals surface area contributed by atoms with Crippen LogP contribution in [0.1, 0.15) is 32.4 Å². The van der Waals surface area contributed by atoms with E-state index in [9.17, 15) is 14.9 Å². The van der Waals surface area contributed by atoms with Gasteiger partial charge in [0.05, 0.1) is 6.10 Å². The first-order valence-electron chi connectivity index (χ1n) is 6.50. The number of halogens is 1. The highest BCUT2D eigenvalue weighted by molar-refractivity contribution is 9.10. The van der Waals surface area contributed by atoms with Crippen molar-refractivity contribution in [3.8, 4) is 5.75 Å². The van der Waals surface area contributed by atoms with Crippen molar-refractivity contribution in [1.82, 2.24) is 5.32 Å². The van der Waals surface area contributed by atoms with Crippen LogP contribution in [0.2, 0.25) is 0 Å². The van der Waals surface area contributed by atoms with Gasteiger partial charge in [-0.25, -0.2) is 4.79 Å². The van der Waals surface area contributed by atoms with Gasteiger partial charge in [-0.15, -0.1) is 0 Å². The van der Waals surface area contributed by atoms with Crippen LogP contribution in [0, 0.1) is 0 Å². The predicted molar refractivity (Wildman–Crippen MR) is 81.5 cm³/mol. The molecule has 1 aromatic rings. The van der Waals surface area contributed by atoms with E-state index in [1.165, 1.54) is 6.07 Å². The van der Waals surface area contributed by atoms with E-state index in [-0.39, 0.29) is 12.3 Å². The number of carbonyl (C=O) groups is 1. The highest BCUT2D eigenvalue weighted by Crippen LogP contribution is 2.32. The van der Waals surface area contributed by atoms with Gasteiger partial charge >= 0.3 is 13.2 Å². The second kappa shape index (κ2) is 5.86. The van der Waals surface area contributed by atoms with Crippen LogP contribution >= 0.6 is 15.9 Å². The first-order valence-corrected chi connectivity index (χ1v) is 7.30. The number of ether oxygens (including phenoxy) is 1. The molecule has 0 aromatic heterocycles. The molecular formula is C13H17BBrNO5. The van der Waals surface area contributed by atoms with Gasteiger partial charge in [0.2, 0.25) is 0 Å². The first-order chi connectivity index (χ1) is 9.69. The molecule has 1 unspecified atom stereocenters. The van der Waals surface area contributed by atoms with Crippen LogP contribution in [-0.4, -0.2) is 35.5 Å². The van der Waals surface area contributed by atoms with Crippen LogP contribution in [0.5, 0.6) is 5.75 Å². The molecule has 114 valence electrons. The third-order valence-corrected chi connectivity index (χ3v) is 3.60. The number of phenols is 1. The van der Waals surface area contributed by atoms with E-state index in [2.05, 4.69) is 21.2 Å². The number of fused-ring (bicyclic) bond motifs is 1. The molecule has 1 atom stereocenters. The molecule has 21 heavy (non-hydrogen) atoms. The number of hydrogen-bond acceptors (Lipinski definition) is 5. The second-order valence-corrected chi connectivity index (χ2v) is 6.61. The van der Waals surface area contributed by atoms with Gasteiger partial charge < -0.3 is 24.8 Å². The largest absolute Gasteiger partial charge is 0.508 e. The number of rotatable bonds is 2. The van der Waals surface area contributed by atoms with Gasteiger partial charge in [-0.2, -0.15) is 0 Å². The Bertz CT molecular complexity index is 560. The van der Waals surface area contributed by atoms with E-state index in [0.29, 0.717) is 15.5 Å². The summed E-state index contributed by atoms with van der Waals surface area (Å²) in [4.78, 5) is 11.6. The molecule has 1 aliphatic heterocycles. The standard InChI is InChI=1S/C13H17BBrNO5/c1-13(2,3)20-12(18)16-6-9-10-7(15)4-5-8(17)11(10)14(19)21-9/h4-5,9,17,19H,6H2,1-3H3,(H,16,18). The molecule has 0 saturated carbocycles. The quantitative estimate of drug-likeness (QED) is 0.697. The van der Waals surface area contributed by atoms with Gasteiger partial charge in [0, 0.05) is 16.5 Å². The van der Waals surface area contributed by atoms with Crippen LogP contribution in [0.25, 0.3) is 0 Å². The summed E-state index contributed by atoms with van der Waals surface area (Å²) >= 11 is 3.36. The Labute approximate surface area is 131 Å². The zero-order valence-electron chi connectivity index (χ0n) is 12.0. The first kappa shape index (κ1) is 16.1. The minimum absolute atomic E-state index is 0.0412. The summed E-state index contributed by atoms with van der Waals surface area (Å²) in [6, 6.07) is 3.13. The molecule has 1 amide bonds. The maximum absolute atomic E-state index is 11.6. The Morgan fingerprint density at radius 1 is 1.52 bits per heavy atom. The summed E-state index contributed by atoms with van der Waals surface area (Å²) < 4.78 is 11.2. The molecule has 0 spiro atoms. The van der Waals surface area contributed by atoms with Crippen molar-refractivity contribution in [1.29, 1.82) is 0 Å². The molecule has 1 heterocycles. The number of phenolic OH excluding ortho intramolecular Hbond substituents is 1. The van der Waals surface area contributed by atoms with Crippen molar-refractivity contribution < 1.29 is 24.3 Å². The molecule has 1 aliphatic rings. The van der Waals surface area contributed by atoms with Crippen LogP contribution in [0.15, 0.2) is 16.6 Å². The van der Waals surface area contributed by atoms with Gasteiger partial charge in [0.1, 0.15) is 11.4 Å². The Morgan fingerprint density at radius 2 is 2.19 bits per heavy atom. The lowest BCUT2D eigenvalue weighted by Crippen LogP contribution is -2.35. The summed E-state index contributed by atoms with van der Waals surface area (Å²) in [5.41, 5.74) is 0.357.